The smallest absolute Gasteiger partial charge is 0.251 e. The summed E-state index contributed by atoms with van der Waals surface area (Å²) in [4.78, 5) is 29.6. The van der Waals surface area contributed by atoms with E-state index in [1.165, 1.54) is 4.88 Å². The average Bonchev–Trinajstić information content (AvgIpc) is 3.13. The fourth-order valence-corrected chi connectivity index (χ4v) is 3.77. The van der Waals surface area contributed by atoms with Crippen LogP contribution in [0, 0.1) is 0 Å². The van der Waals surface area contributed by atoms with Gasteiger partial charge in [0.15, 0.2) is 5.13 Å². The second kappa shape index (κ2) is 7.77. The minimum atomic E-state index is -0.163. The maximum Gasteiger partial charge on any atom is 0.251 e. The lowest BCUT2D eigenvalue weighted by Crippen LogP contribution is -2.25. The summed E-state index contributed by atoms with van der Waals surface area (Å²) in [5, 5.41) is 6.92. The van der Waals surface area contributed by atoms with Crippen molar-refractivity contribution >= 4 is 39.9 Å². The zero-order valence-electron chi connectivity index (χ0n) is 13.1. The Bertz CT molecular complexity index is 721. The van der Waals surface area contributed by atoms with E-state index in [-0.39, 0.29) is 11.8 Å². The molecule has 1 aromatic heterocycles. The number of aromatic nitrogens is 1. The van der Waals surface area contributed by atoms with Crippen LogP contribution in [0.1, 0.15) is 40.2 Å². The maximum absolute atomic E-state index is 11.9. The zero-order valence-corrected chi connectivity index (χ0v) is 14.7. The van der Waals surface area contributed by atoms with Crippen LogP contribution in [0.25, 0.3) is 0 Å². The molecule has 1 aromatic carbocycles. The normalized spacial score (nSPS) is 12.7. The number of aryl methyl sites for hydroxylation is 2. The van der Waals surface area contributed by atoms with Gasteiger partial charge in [-0.3, -0.25) is 9.59 Å². The SMILES string of the molecule is O=C(CCCNC(=O)c1ccc(Cl)cc1)Nc1nc2c(s1)CCC2. The van der Waals surface area contributed by atoms with Gasteiger partial charge in [-0.2, -0.15) is 0 Å². The lowest BCUT2D eigenvalue weighted by Gasteiger charge is -2.05. The maximum atomic E-state index is 11.9. The number of amides is 2. The average molecular weight is 364 g/mol. The number of rotatable bonds is 6. The standard InChI is InChI=1S/C17H18ClN3O2S/c18-12-8-6-11(7-9-12)16(23)19-10-2-5-15(22)21-17-20-13-3-1-4-14(13)24-17/h6-9H,1-5,10H2,(H,19,23)(H,20,21,22). The van der Waals surface area contributed by atoms with Gasteiger partial charge < -0.3 is 10.6 Å². The molecule has 126 valence electrons. The molecule has 24 heavy (non-hydrogen) atoms. The molecule has 0 spiro atoms. The lowest BCUT2D eigenvalue weighted by atomic mass is 10.2. The Morgan fingerprint density at radius 2 is 2.00 bits per heavy atom. The van der Waals surface area contributed by atoms with Crippen molar-refractivity contribution in [3.63, 3.8) is 0 Å². The fourth-order valence-electron chi connectivity index (χ4n) is 2.58. The number of thiazole rings is 1. The lowest BCUT2D eigenvalue weighted by molar-refractivity contribution is -0.116. The highest BCUT2D eigenvalue weighted by Crippen LogP contribution is 2.30. The van der Waals surface area contributed by atoms with Crippen molar-refractivity contribution in [1.29, 1.82) is 0 Å². The molecular weight excluding hydrogens is 346 g/mol. The van der Waals surface area contributed by atoms with Crippen LogP contribution in [-0.4, -0.2) is 23.3 Å². The molecule has 0 unspecified atom stereocenters. The summed E-state index contributed by atoms with van der Waals surface area (Å²) in [5.74, 6) is -0.230. The highest BCUT2D eigenvalue weighted by atomic mass is 35.5. The third kappa shape index (κ3) is 4.33. The highest BCUT2D eigenvalue weighted by molar-refractivity contribution is 7.15. The Labute approximate surface area is 149 Å². The molecule has 2 aromatic rings. The highest BCUT2D eigenvalue weighted by Gasteiger charge is 2.17. The molecular formula is C17H18ClN3O2S. The molecule has 3 rings (SSSR count). The molecule has 0 atom stereocenters. The number of nitrogens with one attached hydrogen (secondary N) is 2. The molecule has 0 saturated heterocycles. The molecule has 0 fully saturated rings. The second-order valence-corrected chi connectivity index (χ2v) is 7.18. The van der Waals surface area contributed by atoms with Gasteiger partial charge in [0.25, 0.3) is 5.91 Å². The molecule has 5 nitrogen and oxygen atoms in total. The first-order valence-corrected chi connectivity index (χ1v) is 9.13. The largest absolute Gasteiger partial charge is 0.352 e. The van der Waals surface area contributed by atoms with Gasteiger partial charge in [-0.25, -0.2) is 4.98 Å². The molecule has 0 bridgehead atoms. The minimum Gasteiger partial charge on any atom is -0.352 e. The number of carbonyl (C=O) groups is 2. The van der Waals surface area contributed by atoms with E-state index in [4.69, 9.17) is 11.6 Å². The molecule has 1 aliphatic rings. The van der Waals surface area contributed by atoms with Crippen molar-refractivity contribution in [2.24, 2.45) is 0 Å². The number of benzene rings is 1. The Morgan fingerprint density at radius 1 is 1.21 bits per heavy atom. The van der Waals surface area contributed by atoms with Gasteiger partial charge >= 0.3 is 0 Å². The molecule has 1 heterocycles. The summed E-state index contributed by atoms with van der Waals surface area (Å²) in [6.45, 7) is 0.448. The number of hydrogen-bond acceptors (Lipinski definition) is 4. The third-order valence-corrected chi connectivity index (χ3v) is 5.14. The monoisotopic (exact) mass is 363 g/mol. The van der Waals surface area contributed by atoms with Crippen LogP contribution in [-0.2, 0) is 17.6 Å². The summed E-state index contributed by atoms with van der Waals surface area (Å²) in [6, 6.07) is 6.70. The van der Waals surface area contributed by atoms with Crippen LogP contribution in [0.4, 0.5) is 5.13 Å². The molecule has 2 N–H and O–H groups in total. The predicted octanol–water partition coefficient (Wildman–Crippen LogP) is 3.43. The molecule has 0 radical (unpaired) electrons. The Hall–Kier alpha value is -1.92. The van der Waals surface area contributed by atoms with E-state index < -0.39 is 0 Å². The summed E-state index contributed by atoms with van der Waals surface area (Å²) >= 11 is 7.36. The summed E-state index contributed by atoms with van der Waals surface area (Å²) in [6.07, 6.45) is 4.18. The van der Waals surface area contributed by atoms with Gasteiger partial charge in [0.05, 0.1) is 5.69 Å². The van der Waals surface area contributed by atoms with E-state index in [9.17, 15) is 9.59 Å². The summed E-state index contributed by atoms with van der Waals surface area (Å²) in [5.41, 5.74) is 1.69. The Kier molecular flexibility index (Phi) is 5.48. The number of halogens is 1. The number of nitrogens with zero attached hydrogens (tertiary/aromatic N) is 1. The quantitative estimate of drug-likeness (QED) is 0.772. The van der Waals surface area contributed by atoms with Crippen molar-refractivity contribution in [1.82, 2.24) is 10.3 Å². The van der Waals surface area contributed by atoms with Crippen LogP contribution in [0.15, 0.2) is 24.3 Å². The van der Waals surface area contributed by atoms with E-state index in [0.29, 0.717) is 35.1 Å². The molecule has 0 aliphatic heterocycles. The Balaban J connectivity index is 1.37. The van der Waals surface area contributed by atoms with Crippen LogP contribution in [0.3, 0.4) is 0 Å². The van der Waals surface area contributed by atoms with Crippen molar-refractivity contribution in [3.8, 4) is 0 Å². The predicted molar refractivity (Wildman–Crippen MR) is 95.8 cm³/mol. The van der Waals surface area contributed by atoms with Crippen LogP contribution < -0.4 is 10.6 Å². The summed E-state index contributed by atoms with van der Waals surface area (Å²) in [7, 11) is 0. The van der Waals surface area contributed by atoms with Gasteiger partial charge in [-0.05, 0) is 49.9 Å². The number of carbonyl (C=O) groups excluding carboxylic acids is 2. The van der Waals surface area contributed by atoms with Crippen LogP contribution >= 0.6 is 22.9 Å². The van der Waals surface area contributed by atoms with E-state index in [0.717, 1.165) is 25.0 Å². The van der Waals surface area contributed by atoms with Crippen molar-refractivity contribution < 1.29 is 9.59 Å². The van der Waals surface area contributed by atoms with Gasteiger partial charge in [0.2, 0.25) is 5.91 Å². The Morgan fingerprint density at radius 3 is 2.75 bits per heavy atom. The minimum absolute atomic E-state index is 0.0665. The van der Waals surface area contributed by atoms with Gasteiger partial charge in [0.1, 0.15) is 0 Å². The van der Waals surface area contributed by atoms with Gasteiger partial charge in [-0.15, -0.1) is 11.3 Å². The molecule has 0 saturated carbocycles. The fraction of sp³-hybridized carbons (Fsp3) is 0.353. The van der Waals surface area contributed by atoms with Crippen molar-refractivity contribution in [2.75, 3.05) is 11.9 Å². The number of fused-ring (bicyclic) bond motifs is 1. The molecule has 1 aliphatic carbocycles. The molecule has 7 heteroatoms. The topological polar surface area (TPSA) is 71.1 Å². The van der Waals surface area contributed by atoms with E-state index >= 15 is 0 Å². The first-order valence-electron chi connectivity index (χ1n) is 7.94. The molecule has 2 amide bonds. The van der Waals surface area contributed by atoms with Crippen molar-refractivity contribution in [3.05, 3.63) is 45.4 Å². The van der Waals surface area contributed by atoms with Gasteiger partial charge in [0, 0.05) is 28.4 Å². The van der Waals surface area contributed by atoms with Gasteiger partial charge in [-0.1, -0.05) is 11.6 Å². The first-order chi connectivity index (χ1) is 11.6. The summed E-state index contributed by atoms with van der Waals surface area (Å²) < 4.78 is 0. The van der Waals surface area contributed by atoms with Crippen LogP contribution in [0.5, 0.6) is 0 Å². The van der Waals surface area contributed by atoms with E-state index in [2.05, 4.69) is 15.6 Å². The number of hydrogen-bond donors (Lipinski definition) is 2. The second-order valence-electron chi connectivity index (χ2n) is 5.66. The van der Waals surface area contributed by atoms with E-state index in [1.807, 2.05) is 0 Å². The van der Waals surface area contributed by atoms with Crippen molar-refractivity contribution in [2.45, 2.75) is 32.1 Å². The first kappa shape index (κ1) is 16.9. The van der Waals surface area contributed by atoms with Crippen LogP contribution in [0.2, 0.25) is 5.02 Å². The third-order valence-electron chi connectivity index (χ3n) is 3.81. The number of anilines is 1. The van der Waals surface area contributed by atoms with E-state index in [1.54, 1.807) is 35.6 Å². The zero-order chi connectivity index (χ0) is 16.9.